The molecule has 0 aromatic carbocycles. The number of piperidine rings is 1. The molecule has 140 valence electrons. The van der Waals surface area contributed by atoms with Crippen LogP contribution >= 0.6 is 11.6 Å². The van der Waals surface area contributed by atoms with Crippen LogP contribution in [0, 0.1) is 6.92 Å². The fourth-order valence-corrected chi connectivity index (χ4v) is 4.17. The minimum atomic E-state index is 0.298. The summed E-state index contributed by atoms with van der Waals surface area (Å²) in [5.41, 5.74) is 2.13. The molecule has 2 fully saturated rings. The quantitative estimate of drug-likeness (QED) is 0.815. The van der Waals surface area contributed by atoms with E-state index in [9.17, 15) is 4.79 Å². The number of carbonyl (C=O) groups excluding carboxylic acids is 1. The van der Waals surface area contributed by atoms with Crippen molar-refractivity contribution in [1.82, 2.24) is 24.5 Å². The molecule has 0 N–H and O–H groups in total. The Balaban J connectivity index is 1.48. The fourth-order valence-electron chi connectivity index (χ4n) is 3.93. The van der Waals surface area contributed by atoms with Crippen molar-refractivity contribution in [3.63, 3.8) is 0 Å². The Morgan fingerprint density at radius 3 is 2.44 bits per heavy atom. The van der Waals surface area contributed by atoms with Crippen LogP contribution in [0.5, 0.6) is 0 Å². The third-order valence-electron chi connectivity index (χ3n) is 5.60. The van der Waals surface area contributed by atoms with E-state index in [0.717, 1.165) is 68.5 Å². The molecule has 25 heavy (non-hydrogen) atoms. The zero-order chi connectivity index (χ0) is 18.0. The van der Waals surface area contributed by atoms with Crippen LogP contribution in [0.1, 0.15) is 37.4 Å². The zero-order valence-corrected chi connectivity index (χ0v) is 16.4. The summed E-state index contributed by atoms with van der Waals surface area (Å²) in [6.07, 6.45) is 3.54. The predicted octanol–water partition coefficient (Wildman–Crippen LogP) is 1.90. The molecule has 0 bridgehead atoms. The smallest absolute Gasteiger partial charge is 0.236 e. The lowest BCUT2D eigenvalue weighted by atomic mass is 10.0. The molecule has 1 aromatic heterocycles. The Hall–Kier alpha value is -1.11. The summed E-state index contributed by atoms with van der Waals surface area (Å²) in [4.78, 5) is 19.4. The number of aromatic nitrogens is 2. The molecule has 1 atom stereocenters. The molecular formula is C18H30ClN5O. The highest BCUT2D eigenvalue weighted by atomic mass is 35.5. The van der Waals surface area contributed by atoms with Gasteiger partial charge in [-0.2, -0.15) is 5.10 Å². The molecule has 3 rings (SSSR count). The summed E-state index contributed by atoms with van der Waals surface area (Å²) in [5, 5.41) is 5.12. The van der Waals surface area contributed by atoms with Crippen LogP contribution in [0.2, 0.25) is 5.15 Å². The van der Waals surface area contributed by atoms with E-state index >= 15 is 0 Å². The van der Waals surface area contributed by atoms with Crippen molar-refractivity contribution in [2.75, 3.05) is 39.3 Å². The number of rotatable bonds is 4. The molecule has 0 aliphatic carbocycles. The SMILES string of the molecule is Cc1nn(C)c(Cl)c1CN1CCN(CC(=O)N2CCCCC2C)CC1. The van der Waals surface area contributed by atoms with Gasteiger partial charge in [0.2, 0.25) is 5.91 Å². The summed E-state index contributed by atoms with van der Waals surface area (Å²) in [7, 11) is 1.88. The average Bonchev–Trinajstić information content (AvgIpc) is 2.83. The van der Waals surface area contributed by atoms with Crippen LogP contribution in [-0.2, 0) is 18.4 Å². The van der Waals surface area contributed by atoms with Gasteiger partial charge < -0.3 is 4.90 Å². The van der Waals surface area contributed by atoms with Crippen LogP contribution in [0.4, 0.5) is 0 Å². The van der Waals surface area contributed by atoms with Gasteiger partial charge in [-0.3, -0.25) is 19.3 Å². The molecule has 0 spiro atoms. The van der Waals surface area contributed by atoms with Gasteiger partial charge in [0, 0.05) is 57.9 Å². The summed E-state index contributed by atoms with van der Waals surface area (Å²) in [6, 6.07) is 0.401. The van der Waals surface area contributed by atoms with E-state index in [0.29, 0.717) is 18.5 Å². The van der Waals surface area contributed by atoms with Gasteiger partial charge in [0.05, 0.1) is 12.2 Å². The van der Waals surface area contributed by atoms with Crippen molar-refractivity contribution in [2.24, 2.45) is 7.05 Å². The van der Waals surface area contributed by atoms with Crippen molar-refractivity contribution in [3.8, 4) is 0 Å². The lowest BCUT2D eigenvalue weighted by Gasteiger charge is -2.38. The number of piperazine rings is 1. The molecule has 1 amide bonds. The normalized spacial score (nSPS) is 23.2. The van der Waals surface area contributed by atoms with E-state index in [2.05, 4.69) is 26.7 Å². The van der Waals surface area contributed by atoms with Crippen LogP contribution in [0.3, 0.4) is 0 Å². The van der Waals surface area contributed by atoms with Crippen LogP contribution in [0.15, 0.2) is 0 Å². The molecule has 2 aliphatic heterocycles. The number of carbonyl (C=O) groups is 1. The first-order valence-corrected chi connectivity index (χ1v) is 9.75. The lowest BCUT2D eigenvalue weighted by molar-refractivity contribution is -0.136. The van der Waals surface area contributed by atoms with Gasteiger partial charge in [-0.15, -0.1) is 0 Å². The maximum Gasteiger partial charge on any atom is 0.236 e. The van der Waals surface area contributed by atoms with Crippen LogP contribution in [-0.4, -0.2) is 75.7 Å². The minimum absolute atomic E-state index is 0.298. The highest BCUT2D eigenvalue weighted by molar-refractivity contribution is 6.30. The van der Waals surface area contributed by atoms with E-state index in [1.165, 1.54) is 6.42 Å². The first-order valence-electron chi connectivity index (χ1n) is 9.38. The van der Waals surface area contributed by atoms with E-state index in [1.54, 1.807) is 4.68 Å². The Morgan fingerprint density at radius 1 is 1.16 bits per heavy atom. The number of amides is 1. The van der Waals surface area contributed by atoms with Gasteiger partial charge >= 0.3 is 0 Å². The van der Waals surface area contributed by atoms with Crippen molar-refractivity contribution in [2.45, 2.75) is 45.7 Å². The van der Waals surface area contributed by atoms with Crippen LogP contribution in [0.25, 0.3) is 0 Å². The fraction of sp³-hybridized carbons (Fsp3) is 0.778. The summed E-state index contributed by atoms with van der Waals surface area (Å²) < 4.78 is 1.74. The summed E-state index contributed by atoms with van der Waals surface area (Å²) >= 11 is 6.34. The topological polar surface area (TPSA) is 44.6 Å². The maximum atomic E-state index is 12.6. The van der Waals surface area contributed by atoms with Crippen LogP contribution < -0.4 is 0 Å². The Bertz CT molecular complexity index is 609. The molecule has 6 nitrogen and oxygen atoms in total. The zero-order valence-electron chi connectivity index (χ0n) is 15.7. The van der Waals surface area contributed by atoms with E-state index in [-0.39, 0.29) is 0 Å². The maximum absolute atomic E-state index is 12.6. The first-order chi connectivity index (χ1) is 12.0. The Labute approximate surface area is 155 Å². The second-order valence-corrected chi connectivity index (χ2v) is 7.82. The summed E-state index contributed by atoms with van der Waals surface area (Å²) in [6.45, 7) is 10.3. The highest BCUT2D eigenvalue weighted by Gasteiger charge is 2.26. The third-order valence-corrected chi connectivity index (χ3v) is 6.07. The molecular weight excluding hydrogens is 338 g/mol. The average molecular weight is 368 g/mol. The standard InChI is InChI=1S/C18H30ClN5O/c1-14-6-4-5-7-24(14)17(25)13-23-10-8-22(9-11-23)12-16-15(2)20-21(3)18(16)19/h14H,4-13H2,1-3H3. The molecule has 7 heteroatoms. The van der Waals surface area contributed by atoms with Crippen molar-refractivity contribution in [1.29, 1.82) is 0 Å². The lowest BCUT2D eigenvalue weighted by Crippen LogP contribution is -2.51. The molecule has 0 saturated carbocycles. The summed E-state index contributed by atoms with van der Waals surface area (Å²) in [5.74, 6) is 0.298. The van der Waals surface area contributed by atoms with Gasteiger partial charge in [0.15, 0.2) is 0 Å². The molecule has 3 heterocycles. The highest BCUT2D eigenvalue weighted by Crippen LogP contribution is 2.21. The number of halogens is 1. The largest absolute Gasteiger partial charge is 0.339 e. The van der Waals surface area contributed by atoms with Gasteiger partial charge in [0.1, 0.15) is 5.15 Å². The van der Waals surface area contributed by atoms with E-state index in [4.69, 9.17) is 11.6 Å². The number of likely N-dealkylation sites (tertiary alicyclic amines) is 1. The van der Waals surface area contributed by atoms with Crippen molar-refractivity contribution >= 4 is 17.5 Å². The monoisotopic (exact) mass is 367 g/mol. The molecule has 1 unspecified atom stereocenters. The number of aryl methyl sites for hydroxylation is 2. The number of hydrogen-bond donors (Lipinski definition) is 0. The number of hydrogen-bond acceptors (Lipinski definition) is 4. The predicted molar refractivity (Wildman–Crippen MR) is 99.7 cm³/mol. The minimum Gasteiger partial charge on any atom is -0.339 e. The molecule has 2 saturated heterocycles. The second kappa shape index (κ2) is 8.06. The van der Waals surface area contributed by atoms with E-state index in [1.807, 2.05) is 14.0 Å². The van der Waals surface area contributed by atoms with Crippen molar-refractivity contribution in [3.05, 3.63) is 16.4 Å². The van der Waals surface area contributed by atoms with Crippen molar-refractivity contribution < 1.29 is 4.79 Å². The second-order valence-electron chi connectivity index (χ2n) is 7.46. The first kappa shape index (κ1) is 18.7. The third kappa shape index (κ3) is 4.36. The van der Waals surface area contributed by atoms with Gasteiger partial charge in [-0.1, -0.05) is 11.6 Å². The molecule has 2 aliphatic rings. The Kier molecular flexibility index (Phi) is 6.02. The number of nitrogens with zero attached hydrogens (tertiary/aromatic N) is 5. The van der Waals surface area contributed by atoms with Gasteiger partial charge in [0.25, 0.3) is 0 Å². The van der Waals surface area contributed by atoms with Gasteiger partial charge in [-0.25, -0.2) is 0 Å². The van der Waals surface area contributed by atoms with E-state index < -0.39 is 0 Å². The Morgan fingerprint density at radius 2 is 1.84 bits per heavy atom. The molecule has 1 aromatic rings. The van der Waals surface area contributed by atoms with Gasteiger partial charge in [-0.05, 0) is 33.1 Å². The molecule has 0 radical (unpaired) electrons.